The summed E-state index contributed by atoms with van der Waals surface area (Å²) in [5.41, 5.74) is 7.86. The van der Waals surface area contributed by atoms with Gasteiger partial charge in [-0.15, -0.1) is 24.5 Å². The number of hydrogen-bond donors (Lipinski definition) is 5. The Bertz CT molecular complexity index is 856. The molecular formula is C13H11ClF3N5O3S. The minimum absolute atomic E-state index is 0.234. The molecule has 0 amide bonds. The maximum atomic E-state index is 12.2. The molecular weight excluding hydrogens is 399 g/mol. The summed E-state index contributed by atoms with van der Waals surface area (Å²) in [5, 5.41) is 13.0. The van der Waals surface area contributed by atoms with E-state index in [0.29, 0.717) is 11.3 Å². The molecule has 1 aromatic heterocycles. The van der Waals surface area contributed by atoms with E-state index in [1.807, 2.05) is 5.43 Å². The molecule has 0 atom stereocenters. The van der Waals surface area contributed by atoms with Crippen molar-refractivity contribution in [2.45, 2.75) is 6.36 Å². The molecule has 0 spiro atoms. The molecule has 140 valence electrons. The second-order valence-corrected chi connectivity index (χ2v) is 5.86. The van der Waals surface area contributed by atoms with E-state index in [1.165, 1.54) is 12.1 Å². The van der Waals surface area contributed by atoms with Crippen molar-refractivity contribution in [2.24, 2.45) is 11.6 Å². The molecule has 7 N–H and O–H groups in total. The van der Waals surface area contributed by atoms with Gasteiger partial charge in [-0.3, -0.25) is 5.84 Å². The van der Waals surface area contributed by atoms with Crippen LogP contribution in [0.5, 0.6) is 5.75 Å². The number of ether oxygens (including phenoxy) is 1. The summed E-state index contributed by atoms with van der Waals surface area (Å²) in [7, 11) is 0. The number of thiazole rings is 1. The third-order valence-corrected chi connectivity index (χ3v) is 3.88. The minimum Gasteiger partial charge on any atom is -0.476 e. The number of nitrogens with two attached hydrogens (primary N) is 2. The zero-order valence-corrected chi connectivity index (χ0v) is 14.2. The van der Waals surface area contributed by atoms with E-state index in [4.69, 9.17) is 28.3 Å². The van der Waals surface area contributed by atoms with Gasteiger partial charge in [-0.1, -0.05) is 11.6 Å². The van der Waals surface area contributed by atoms with Gasteiger partial charge in [0.1, 0.15) is 11.6 Å². The number of hydrazine groups is 1. The van der Waals surface area contributed by atoms with Gasteiger partial charge in [-0.05, 0) is 18.2 Å². The number of rotatable bonds is 6. The average Bonchev–Trinajstić information content (AvgIpc) is 2.96. The smallest absolute Gasteiger partial charge is 0.476 e. The number of alkyl halides is 3. The highest BCUT2D eigenvalue weighted by atomic mass is 35.5. The molecule has 0 saturated heterocycles. The number of carboxylic acids is 1. The Hall–Kier alpha value is -2.70. The van der Waals surface area contributed by atoms with Crippen molar-refractivity contribution in [3.05, 3.63) is 40.1 Å². The summed E-state index contributed by atoms with van der Waals surface area (Å²) >= 11 is 6.87. The maximum Gasteiger partial charge on any atom is 0.573 e. The molecule has 0 aliphatic heterocycles. The summed E-state index contributed by atoms with van der Waals surface area (Å²) in [5.74, 6) is 2.88. The average molecular weight is 410 g/mol. The number of benzene rings is 1. The molecule has 0 aliphatic rings. The molecule has 0 saturated carbocycles. The number of halogens is 4. The second kappa shape index (κ2) is 7.68. The van der Waals surface area contributed by atoms with Crippen LogP contribution in [-0.4, -0.2) is 22.4 Å². The largest absolute Gasteiger partial charge is 0.573 e. The van der Waals surface area contributed by atoms with E-state index in [0.717, 1.165) is 17.4 Å². The Morgan fingerprint density at radius 3 is 2.62 bits per heavy atom. The first-order chi connectivity index (χ1) is 12.1. The fraction of sp³-hybridized carbons (Fsp3) is 0.0769. The highest BCUT2D eigenvalue weighted by Gasteiger charge is 2.32. The van der Waals surface area contributed by atoms with Crippen molar-refractivity contribution in [3.8, 4) is 17.0 Å². The van der Waals surface area contributed by atoms with Crippen LogP contribution >= 0.6 is 22.9 Å². The van der Waals surface area contributed by atoms with Crippen LogP contribution in [-0.2, 0) is 4.79 Å². The third kappa shape index (κ3) is 4.91. The van der Waals surface area contributed by atoms with E-state index in [2.05, 4.69) is 15.0 Å². The Morgan fingerprint density at radius 1 is 1.38 bits per heavy atom. The van der Waals surface area contributed by atoms with Crippen LogP contribution in [0.3, 0.4) is 0 Å². The fourth-order valence-electron chi connectivity index (χ4n) is 1.76. The molecule has 2 aromatic rings. The number of carbonyl (C=O) groups is 1. The molecule has 2 rings (SSSR count). The lowest BCUT2D eigenvalue weighted by molar-refractivity contribution is -0.274. The highest BCUT2D eigenvalue weighted by Crippen LogP contribution is 2.34. The standard InChI is InChI=1S/C13H11ClF3N5O3S/c14-6-3-5(1-2-8(6)25-13(15,16)17)7-4-26-12(20-7)21-10(18)9(22-19)11(23)24/h1-4,22H,18-19H2,(H,20,21)(H,23,24)/b10-9+. The third-order valence-electron chi connectivity index (χ3n) is 2.83. The number of nitrogens with one attached hydrogen (secondary N) is 2. The first-order valence-corrected chi connectivity index (χ1v) is 7.84. The SMILES string of the molecule is NN/C(C(=O)O)=C(\N)Nc1nc(-c2ccc(OC(F)(F)F)c(Cl)c2)cs1. The maximum absolute atomic E-state index is 12.2. The Morgan fingerprint density at radius 2 is 2.08 bits per heavy atom. The lowest BCUT2D eigenvalue weighted by Gasteiger charge is -2.10. The summed E-state index contributed by atoms with van der Waals surface area (Å²) < 4.78 is 40.5. The molecule has 0 fully saturated rings. The molecule has 1 heterocycles. The number of carboxylic acid groups (broad SMARTS) is 1. The molecule has 13 heteroatoms. The molecule has 0 aliphatic carbocycles. The summed E-state index contributed by atoms with van der Waals surface area (Å²) in [4.78, 5) is 15.1. The Kier molecular flexibility index (Phi) is 5.79. The summed E-state index contributed by atoms with van der Waals surface area (Å²) in [6.07, 6.45) is -4.86. The lowest BCUT2D eigenvalue weighted by Crippen LogP contribution is -2.32. The molecule has 26 heavy (non-hydrogen) atoms. The molecule has 1 aromatic carbocycles. The topological polar surface area (TPSA) is 136 Å². The summed E-state index contributed by atoms with van der Waals surface area (Å²) in [6.45, 7) is 0. The van der Waals surface area contributed by atoms with Crippen LogP contribution in [0.4, 0.5) is 18.3 Å². The van der Waals surface area contributed by atoms with E-state index >= 15 is 0 Å². The van der Waals surface area contributed by atoms with Crippen molar-refractivity contribution in [1.82, 2.24) is 10.4 Å². The minimum atomic E-state index is -4.86. The zero-order valence-electron chi connectivity index (χ0n) is 12.6. The van der Waals surface area contributed by atoms with E-state index in [9.17, 15) is 18.0 Å². The molecule has 0 bridgehead atoms. The van der Waals surface area contributed by atoms with Gasteiger partial charge in [-0.25, -0.2) is 9.78 Å². The van der Waals surface area contributed by atoms with E-state index < -0.39 is 23.8 Å². The van der Waals surface area contributed by atoms with Crippen LogP contribution in [0.2, 0.25) is 5.02 Å². The zero-order chi connectivity index (χ0) is 19.5. The van der Waals surface area contributed by atoms with Crippen molar-refractivity contribution in [2.75, 3.05) is 5.32 Å². The van der Waals surface area contributed by atoms with Gasteiger partial charge in [0, 0.05) is 10.9 Å². The quantitative estimate of drug-likeness (QED) is 0.279. The first kappa shape index (κ1) is 19.6. The predicted molar refractivity (Wildman–Crippen MR) is 89.0 cm³/mol. The van der Waals surface area contributed by atoms with Crippen LogP contribution in [0, 0.1) is 0 Å². The van der Waals surface area contributed by atoms with Crippen LogP contribution in [0.15, 0.2) is 35.1 Å². The van der Waals surface area contributed by atoms with Crippen molar-refractivity contribution < 1.29 is 27.8 Å². The number of aliphatic carboxylic acids is 1. The van der Waals surface area contributed by atoms with Crippen molar-refractivity contribution in [3.63, 3.8) is 0 Å². The van der Waals surface area contributed by atoms with Gasteiger partial charge in [0.05, 0.1) is 10.7 Å². The first-order valence-electron chi connectivity index (χ1n) is 6.58. The number of nitrogens with zero attached hydrogens (tertiary/aromatic N) is 1. The van der Waals surface area contributed by atoms with Crippen LogP contribution < -0.4 is 27.1 Å². The van der Waals surface area contributed by atoms with Crippen molar-refractivity contribution in [1.29, 1.82) is 0 Å². The van der Waals surface area contributed by atoms with Gasteiger partial charge in [-0.2, -0.15) is 0 Å². The van der Waals surface area contributed by atoms with Gasteiger partial charge in [0.2, 0.25) is 0 Å². The number of hydrogen-bond acceptors (Lipinski definition) is 8. The Balaban J connectivity index is 2.22. The van der Waals surface area contributed by atoms with Gasteiger partial charge >= 0.3 is 12.3 Å². The van der Waals surface area contributed by atoms with E-state index in [-0.39, 0.29) is 16.0 Å². The lowest BCUT2D eigenvalue weighted by atomic mass is 10.2. The van der Waals surface area contributed by atoms with Gasteiger partial charge < -0.3 is 26.3 Å². The second-order valence-electron chi connectivity index (χ2n) is 4.59. The summed E-state index contributed by atoms with van der Waals surface area (Å²) in [6, 6.07) is 3.66. The monoisotopic (exact) mass is 409 g/mol. The molecule has 0 radical (unpaired) electrons. The van der Waals surface area contributed by atoms with Crippen molar-refractivity contribution >= 4 is 34.0 Å². The van der Waals surface area contributed by atoms with Crippen LogP contribution in [0.1, 0.15) is 0 Å². The number of anilines is 1. The normalized spacial score (nSPS) is 12.3. The fourth-order valence-corrected chi connectivity index (χ4v) is 2.71. The Labute approximate surface area is 153 Å². The van der Waals surface area contributed by atoms with E-state index in [1.54, 1.807) is 5.38 Å². The molecule has 0 unspecified atom stereocenters. The van der Waals surface area contributed by atoms with Gasteiger partial charge in [0.15, 0.2) is 10.8 Å². The predicted octanol–water partition coefficient (Wildman–Crippen LogP) is 2.45. The highest BCUT2D eigenvalue weighted by molar-refractivity contribution is 7.14. The number of aromatic nitrogens is 1. The van der Waals surface area contributed by atoms with Crippen LogP contribution in [0.25, 0.3) is 11.3 Å². The van der Waals surface area contributed by atoms with Gasteiger partial charge in [0.25, 0.3) is 0 Å². The molecule has 8 nitrogen and oxygen atoms in total.